The van der Waals surface area contributed by atoms with Crippen LogP contribution in [0.5, 0.6) is 11.5 Å². The first-order valence-electron chi connectivity index (χ1n) is 9.19. The molecule has 0 amide bonds. The van der Waals surface area contributed by atoms with Gasteiger partial charge in [-0.05, 0) is 44.0 Å². The molecule has 0 saturated heterocycles. The lowest BCUT2D eigenvalue weighted by Crippen LogP contribution is -2.38. The fraction of sp³-hybridized carbons (Fsp3) is 0.429. The first kappa shape index (κ1) is 24.0. The Bertz CT molecular complexity index is 751. The summed E-state index contributed by atoms with van der Waals surface area (Å²) in [7, 11) is 5.35. The molecule has 0 unspecified atom stereocenters. The molecule has 0 aliphatic carbocycles. The van der Waals surface area contributed by atoms with Gasteiger partial charge in [-0.1, -0.05) is 6.07 Å². The Labute approximate surface area is 185 Å². The van der Waals surface area contributed by atoms with Crippen LogP contribution in [0, 0.1) is 6.92 Å². The molecule has 7 heteroatoms. The fourth-order valence-corrected chi connectivity index (χ4v) is 2.72. The number of hydrogen-bond donors (Lipinski definition) is 1. The standard InChI is InChI=1S/C21H30N4O2.HI/c1-6-22-21(23-12-11-17-8-7-16(2)24-14-17)25(3)15-18-9-10-19(26-4)13-20(18)27-5;/h7-10,13-14H,6,11-12,15H2,1-5H3,(H,22,23);1H. The second-order valence-corrected chi connectivity index (χ2v) is 6.33. The largest absolute Gasteiger partial charge is 0.497 e. The van der Waals surface area contributed by atoms with Crippen molar-refractivity contribution in [2.24, 2.45) is 4.99 Å². The maximum atomic E-state index is 5.50. The topological polar surface area (TPSA) is 59.0 Å². The van der Waals surface area contributed by atoms with Crippen LogP contribution in [0.25, 0.3) is 0 Å². The van der Waals surface area contributed by atoms with Crippen molar-refractivity contribution in [2.75, 3.05) is 34.4 Å². The van der Waals surface area contributed by atoms with Gasteiger partial charge in [-0.3, -0.25) is 9.98 Å². The van der Waals surface area contributed by atoms with Crippen LogP contribution in [-0.2, 0) is 13.0 Å². The van der Waals surface area contributed by atoms with Crippen LogP contribution in [0.3, 0.4) is 0 Å². The number of rotatable bonds is 8. The van der Waals surface area contributed by atoms with Gasteiger partial charge in [0.2, 0.25) is 0 Å². The van der Waals surface area contributed by atoms with E-state index in [9.17, 15) is 0 Å². The molecule has 6 nitrogen and oxygen atoms in total. The number of pyridine rings is 1. The second kappa shape index (κ2) is 12.4. The number of aliphatic imine (C=N–C) groups is 1. The SMILES string of the molecule is CCNC(=NCCc1ccc(C)nc1)N(C)Cc1ccc(OC)cc1OC.I. The van der Waals surface area contributed by atoms with Crippen LogP contribution in [0.1, 0.15) is 23.7 Å². The van der Waals surface area contributed by atoms with Gasteiger partial charge < -0.3 is 19.7 Å². The number of hydrogen-bond acceptors (Lipinski definition) is 4. The van der Waals surface area contributed by atoms with Gasteiger partial charge in [0.05, 0.1) is 14.2 Å². The average Bonchev–Trinajstić information content (AvgIpc) is 2.69. The Morgan fingerprint density at radius 1 is 1.18 bits per heavy atom. The van der Waals surface area contributed by atoms with Crippen LogP contribution in [-0.4, -0.2) is 50.2 Å². The van der Waals surface area contributed by atoms with Crippen LogP contribution >= 0.6 is 24.0 Å². The number of nitrogens with zero attached hydrogens (tertiary/aromatic N) is 3. The monoisotopic (exact) mass is 498 g/mol. The molecule has 0 spiro atoms. The van der Waals surface area contributed by atoms with E-state index in [0.717, 1.165) is 41.7 Å². The number of methoxy groups -OCH3 is 2. The van der Waals surface area contributed by atoms with Crippen LogP contribution in [0.15, 0.2) is 41.5 Å². The van der Waals surface area contributed by atoms with Gasteiger partial charge in [0.1, 0.15) is 11.5 Å². The van der Waals surface area contributed by atoms with Gasteiger partial charge in [0.15, 0.2) is 5.96 Å². The summed E-state index contributed by atoms with van der Waals surface area (Å²) in [6.07, 6.45) is 2.78. The summed E-state index contributed by atoms with van der Waals surface area (Å²) in [6.45, 7) is 6.27. The quantitative estimate of drug-likeness (QED) is 0.342. The highest BCUT2D eigenvalue weighted by Crippen LogP contribution is 2.25. The van der Waals surface area contributed by atoms with Crippen molar-refractivity contribution in [2.45, 2.75) is 26.8 Å². The Morgan fingerprint density at radius 2 is 1.96 bits per heavy atom. The molecule has 1 aromatic carbocycles. The summed E-state index contributed by atoms with van der Waals surface area (Å²) >= 11 is 0. The fourth-order valence-electron chi connectivity index (χ4n) is 2.72. The number of aromatic nitrogens is 1. The second-order valence-electron chi connectivity index (χ2n) is 6.33. The molecule has 0 saturated carbocycles. The molecule has 0 aliphatic rings. The first-order chi connectivity index (χ1) is 13.1. The van der Waals surface area contributed by atoms with Crippen molar-refractivity contribution in [3.8, 4) is 11.5 Å². The zero-order valence-corrected chi connectivity index (χ0v) is 19.7. The molecule has 0 bridgehead atoms. The summed E-state index contributed by atoms with van der Waals surface area (Å²) in [6, 6.07) is 10.0. The van der Waals surface area contributed by atoms with E-state index >= 15 is 0 Å². The highest BCUT2D eigenvalue weighted by Gasteiger charge is 2.11. The third kappa shape index (κ3) is 7.18. The number of benzene rings is 1. The maximum Gasteiger partial charge on any atom is 0.193 e. The lowest BCUT2D eigenvalue weighted by atomic mass is 10.2. The highest BCUT2D eigenvalue weighted by atomic mass is 127. The van der Waals surface area contributed by atoms with Crippen molar-refractivity contribution in [3.05, 3.63) is 53.3 Å². The Morgan fingerprint density at radius 3 is 2.57 bits per heavy atom. The van der Waals surface area contributed by atoms with Crippen molar-refractivity contribution in [3.63, 3.8) is 0 Å². The summed E-state index contributed by atoms with van der Waals surface area (Å²) in [5, 5.41) is 3.35. The molecule has 0 atom stereocenters. The van der Waals surface area contributed by atoms with Crippen LogP contribution in [0.4, 0.5) is 0 Å². The Kier molecular flexibility index (Phi) is 10.7. The zero-order valence-electron chi connectivity index (χ0n) is 17.4. The van der Waals surface area contributed by atoms with Crippen LogP contribution < -0.4 is 14.8 Å². The average molecular weight is 498 g/mol. The summed E-state index contributed by atoms with van der Waals surface area (Å²) in [5.74, 6) is 2.46. The maximum absolute atomic E-state index is 5.50. The molecule has 0 aliphatic heterocycles. The molecule has 0 fully saturated rings. The number of aryl methyl sites for hydroxylation is 1. The highest BCUT2D eigenvalue weighted by molar-refractivity contribution is 14.0. The predicted octanol–water partition coefficient (Wildman–Crippen LogP) is 3.67. The number of guanidine groups is 1. The molecular weight excluding hydrogens is 467 g/mol. The number of halogens is 1. The lowest BCUT2D eigenvalue weighted by Gasteiger charge is -2.23. The van der Waals surface area contributed by atoms with Gasteiger partial charge in [-0.2, -0.15) is 0 Å². The van der Waals surface area contributed by atoms with Gasteiger partial charge >= 0.3 is 0 Å². The molecule has 2 aromatic rings. The summed E-state index contributed by atoms with van der Waals surface area (Å²) in [4.78, 5) is 11.2. The first-order valence-corrected chi connectivity index (χ1v) is 9.19. The minimum absolute atomic E-state index is 0. The lowest BCUT2D eigenvalue weighted by molar-refractivity contribution is 0.382. The predicted molar refractivity (Wildman–Crippen MR) is 125 cm³/mol. The van der Waals surface area contributed by atoms with E-state index in [0.29, 0.717) is 13.1 Å². The smallest absolute Gasteiger partial charge is 0.193 e. The Balaban J connectivity index is 0.00000392. The van der Waals surface area contributed by atoms with E-state index in [1.54, 1.807) is 14.2 Å². The van der Waals surface area contributed by atoms with E-state index in [1.807, 2.05) is 44.4 Å². The van der Waals surface area contributed by atoms with Gasteiger partial charge in [-0.25, -0.2) is 0 Å². The van der Waals surface area contributed by atoms with Gasteiger partial charge in [0, 0.05) is 50.2 Å². The third-order valence-corrected chi connectivity index (χ3v) is 4.23. The molecule has 28 heavy (non-hydrogen) atoms. The molecule has 0 radical (unpaired) electrons. The molecule has 1 aromatic heterocycles. The number of ether oxygens (including phenoxy) is 2. The van der Waals surface area contributed by atoms with Crippen LogP contribution in [0.2, 0.25) is 0 Å². The van der Waals surface area contributed by atoms with E-state index in [2.05, 4.69) is 28.2 Å². The zero-order chi connectivity index (χ0) is 19.6. The van der Waals surface area contributed by atoms with Gasteiger partial charge in [-0.15, -0.1) is 24.0 Å². The molecular formula is C21H31IN4O2. The van der Waals surface area contributed by atoms with E-state index < -0.39 is 0 Å². The van der Waals surface area contributed by atoms with E-state index in [4.69, 9.17) is 14.5 Å². The van der Waals surface area contributed by atoms with Crippen molar-refractivity contribution in [1.29, 1.82) is 0 Å². The molecule has 2 rings (SSSR count). The molecule has 1 heterocycles. The van der Waals surface area contributed by atoms with E-state index in [1.165, 1.54) is 5.56 Å². The van der Waals surface area contributed by atoms with Gasteiger partial charge in [0.25, 0.3) is 0 Å². The normalized spacial score (nSPS) is 10.8. The van der Waals surface area contributed by atoms with Crippen molar-refractivity contribution < 1.29 is 9.47 Å². The number of nitrogens with one attached hydrogen (secondary N) is 1. The minimum Gasteiger partial charge on any atom is -0.497 e. The minimum atomic E-state index is 0. The summed E-state index contributed by atoms with van der Waals surface area (Å²) < 4.78 is 10.8. The molecule has 1 N–H and O–H groups in total. The van der Waals surface area contributed by atoms with Crippen molar-refractivity contribution in [1.82, 2.24) is 15.2 Å². The Hall–Kier alpha value is -2.03. The van der Waals surface area contributed by atoms with Crippen molar-refractivity contribution >= 4 is 29.9 Å². The molecule has 154 valence electrons. The summed E-state index contributed by atoms with van der Waals surface area (Å²) in [5.41, 5.74) is 3.30. The van der Waals surface area contributed by atoms with E-state index in [-0.39, 0.29) is 24.0 Å². The third-order valence-electron chi connectivity index (χ3n) is 4.23.